The lowest BCUT2D eigenvalue weighted by Gasteiger charge is -2.36. The minimum Gasteiger partial charge on any atom is -0.396 e. The van der Waals surface area contributed by atoms with Crippen molar-refractivity contribution in [2.45, 2.75) is 38.6 Å². The van der Waals surface area contributed by atoms with E-state index < -0.39 is 4.92 Å². The normalized spacial score (nSPS) is 18.6. The number of aromatic nitrogens is 2. The second-order valence-corrected chi connectivity index (χ2v) is 5.06. The summed E-state index contributed by atoms with van der Waals surface area (Å²) >= 11 is 0. The Morgan fingerprint density at radius 1 is 1.52 bits per heavy atom. The van der Waals surface area contributed by atoms with E-state index in [2.05, 4.69) is 15.4 Å². The van der Waals surface area contributed by atoms with Gasteiger partial charge in [0.2, 0.25) is 11.8 Å². The van der Waals surface area contributed by atoms with Gasteiger partial charge in [0.05, 0.1) is 4.92 Å². The predicted molar refractivity (Wildman–Crippen MR) is 77.9 cm³/mol. The fourth-order valence-corrected chi connectivity index (χ4v) is 2.76. The van der Waals surface area contributed by atoms with Crippen LogP contribution in [0.1, 0.15) is 31.4 Å². The highest BCUT2D eigenvalue weighted by Crippen LogP contribution is 2.34. The van der Waals surface area contributed by atoms with Crippen LogP contribution in [0.3, 0.4) is 0 Å². The van der Waals surface area contributed by atoms with Gasteiger partial charge in [-0.25, -0.2) is 10.8 Å². The first-order valence-electron chi connectivity index (χ1n) is 6.95. The summed E-state index contributed by atoms with van der Waals surface area (Å²) < 4.78 is 0. The average molecular weight is 296 g/mol. The Kier molecular flexibility index (Phi) is 4.86. The molecule has 0 radical (unpaired) electrons. The molecule has 1 atom stereocenters. The zero-order valence-corrected chi connectivity index (χ0v) is 11.9. The van der Waals surface area contributed by atoms with Gasteiger partial charge in [-0.1, -0.05) is 0 Å². The molecule has 0 saturated carbocycles. The van der Waals surface area contributed by atoms with E-state index in [0.717, 1.165) is 19.3 Å². The number of aliphatic hydroxyl groups is 1. The Morgan fingerprint density at radius 2 is 2.29 bits per heavy atom. The van der Waals surface area contributed by atoms with E-state index in [4.69, 9.17) is 5.84 Å². The van der Waals surface area contributed by atoms with Crippen LogP contribution in [0.5, 0.6) is 0 Å². The molecule has 0 spiro atoms. The van der Waals surface area contributed by atoms with Gasteiger partial charge in [0.1, 0.15) is 5.69 Å². The first-order valence-corrected chi connectivity index (χ1v) is 6.95. The van der Waals surface area contributed by atoms with Gasteiger partial charge >= 0.3 is 5.69 Å². The monoisotopic (exact) mass is 296 g/mol. The second kappa shape index (κ2) is 6.64. The molecule has 1 aliphatic heterocycles. The molecule has 1 aromatic heterocycles. The number of nitrogen functional groups attached to an aromatic ring is 1. The fraction of sp³-hybridized carbons (Fsp3) is 0.667. The molecule has 21 heavy (non-hydrogen) atoms. The number of nitrogens with one attached hydrogen (secondary N) is 1. The Labute approximate surface area is 122 Å². The third-order valence-corrected chi connectivity index (χ3v) is 3.71. The van der Waals surface area contributed by atoms with Gasteiger partial charge in [0.25, 0.3) is 0 Å². The van der Waals surface area contributed by atoms with E-state index in [-0.39, 0.29) is 35.8 Å². The van der Waals surface area contributed by atoms with Crippen LogP contribution in [0.4, 0.5) is 17.5 Å². The highest BCUT2D eigenvalue weighted by Gasteiger charge is 2.31. The molecule has 0 aromatic carbocycles. The van der Waals surface area contributed by atoms with Crippen LogP contribution in [0.25, 0.3) is 0 Å². The van der Waals surface area contributed by atoms with Gasteiger partial charge in [-0.2, -0.15) is 4.98 Å². The van der Waals surface area contributed by atoms with Gasteiger partial charge in [-0.3, -0.25) is 15.5 Å². The molecule has 116 valence electrons. The number of hydrogen-bond donors (Lipinski definition) is 3. The number of piperidine rings is 1. The van der Waals surface area contributed by atoms with Crippen molar-refractivity contribution in [2.24, 2.45) is 5.84 Å². The van der Waals surface area contributed by atoms with Gasteiger partial charge < -0.3 is 10.0 Å². The average Bonchev–Trinajstić information content (AvgIpc) is 2.46. The summed E-state index contributed by atoms with van der Waals surface area (Å²) in [5.41, 5.74) is 2.51. The Hall–Kier alpha value is -2.00. The van der Waals surface area contributed by atoms with Crippen LogP contribution in [0, 0.1) is 17.0 Å². The topological polar surface area (TPSA) is 130 Å². The van der Waals surface area contributed by atoms with Gasteiger partial charge in [-0.05, 0) is 32.6 Å². The molecule has 1 saturated heterocycles. The number of nitrogens with zero attached hydrogens (tertiary/aromatic N) is 4. The maximum absolute atomic E-state index is 11.3. The number of hydrazine groups is 1. The number of nitrogens with two attached hydrogens (primary N) is 1. The maximum Gasteiger partial charge on any atom is 0.332 e. The molecule has 2 heterocycles. The number of aliphatic hydroxyl groups excluding tert-OH is 1. The van der Waals surface area contributed by atoms with E-state index in [0.29, 0.717) is 13.0 Å². The highest BCUT2D eigenvalue weighted by atomic mass is 16.6. The van der Waals surface area contributed by atoms with Gasteiger partial charge in [-0.15, -0.1) is 0 Å². The summed E-state index contributed by atoms with van der Waals surface area (Å²) in [5, 5.41) is 20.5. The smallest absolute Gasteiger partial charge is 0.332 e. The minimum atomic E-state index is -0.463. The SMILES string of the molecule is Cc1nc(NN)nc(N2CCCCC2CCO)c1[N+](=O)[O-]. The number of rotatable bonds is 5. The minimum absolute atomic E-state index is 0.0427. The van der Waals surface area contributed by atoms with Crippen LogP contribution in [0.2, 0.25) is 0 Å². The quantitative estimate of drug-likeness (QED) is 0.411. The van der Waals surface area contributed by atoms with Crippen LogP contribution in [-0.2, 0) is 0 Å². The first-order chi connectivity index (χ1) is 10.1. The lowest BCUT2D eigenvalue weighted by Crippen LogP contribution is -2.41. The molecule has 0 aliphatic carbocycles. The van der Waals surface area contributed by atoms with Crippen LogP contribution >= 0.6 is 0 Å². The zero-order valence-electron chi connectivity index (χ0n) is 11.9. The molecule has 0 amide bonds. The summed E-state index contributed by atoms with van der Waals surface area (Å²) in [7, 11) is 0. The molecular weight excluding hydrogens is 276 g/mol. The fourth-order valence-electron chi connectivity index (χ4n) is 2.76. The molecule has 1 fully saturated rings. The number of hydrogen-bond acceptors (Lipinski definition) is 8. The van der Waals surface area contributed by atoms with Crippen LogP contribution in [0.15, 0.2) is 0 Å². The van der Waals surface area contributed by atoms with E-state index in [1.165, 1.54) is 0 Å². The molecule has 2 rings (SSSR count). The lowest BCUT2D eigenvalue weighted by atomic mass is 9.99. The number of nitro groups is 1. The van der Waals surface area contributed by atoms with Crippen molar-refractivity contribution in [3.8, 4) is 0 Å². The molecule has 4 N–H and O–H groups in total. The van der Waals surface area contributed by atoms with Crippen molar-refractivity contribution in [2.75, 3.05) is 23.5 Å². The summed E-state index contributed by atoms with van der Waals surface area (Å²) in [6.45, 7) is 2.28. The van der Waals surface area contributed by atoms with Crippen molar-refractivity contribution in [1.29, 1.82) is 0 Å². The first kappa shape index (κ1) is 15.4. The van der Waals surface area contributed by atoms with E-state index >= 15 is 0 Å². The van der Waals surface area contributed by atoms with E-state index in [1.54, 1.807) is 6.92 Å². The summed E-state index contributed by atoms with van der Waals surface area (Å²) in [6.07, 6.45) is 3.42. The van der Waals surface area contributed by atoms with Crippen molar-refractivity contribution >= 4 is 17.5 Å². The Morgan fingerprint density at radius 3 is 2.90 bits per heavy atom. The molecule has 0 bridgehead atoms. The van der Waals surface area contributed by atoms with Crippen LogP contribution in [-0.4, -0.2) is 39.2 Å². The molecule has 1 aliphatic rings. The standard InChI is InChI=1S/C12H20N6O3/c1-8-10(18(20)21)11(15-12(14-8)16-13)17-6-3-2-4-9(17)5-7-19/h9,19H,2-7,13H2,1H3,(H,14,15,16). The predicted octanol–water partition coefficient (Wildman–Crippen LogP) is 0.720. The van der Waals surface area contributed by atoms with Gasteiger partial charge in [0, 0.05) is 19.2 Å². The summed E-state index contributed by atoms with van der Waals surface area (Å²) in [4.78, 5) is 20.9. The molecule has 9 heteroatoms. The molecule has 9 nitrogen and oxygen atoms in total. The Bertz CT molecular complexity index is 522. The van der Waals surface area contributed by atoms with E-state index in [1.807, 2.05) is 4.90 Å². The van der Waals surface area contributed by atoms with Crippen molar-refractivity contribution in [1.82, 2.24) is 9.97 Å². The largest absolute Gasteiger partial charge is 0.396 e. The van der Waals surface area contributed by atoms with Crippen LogP contribution < -0.4 is 16.2 Å². The lowest BCUT2D eigenvalue weighted by molar-refractivity contribution is -0.385. The second-order valence-electron chi connectivity index (χ2n) is 5.06. The molecule has 1 aromatic rings. The highest BCUT2D eigenvalue weighted by molar-refractivity contribution is 5.63. The summed E-state index contributed by atoms with van der Waals surface area (Å²) in [6, 6.07) is 0.0439. The third-order valence-electron chi connectivity index (χ3n) is 3.71. The Balaban J connectivity index is 2.48. The zero-order chi connectivity index (χ0) is 15.4. The molecule has 1 unspecified atom stereocenters. The molecular formula is C12H20N6O3. The number of anilines is 2. The van der Waals surface area contributed by atoms with Crippen molar-refractivity contribution < 1.29 is 10.0 Å². The third kappa shape index (κ3) is 3.19. The number of aryl methyl sites for hydroxylation is 1. The van der Waals surface area contributed by atoms with Crippen molar-refractivity contribution in [3.63, 3.8) is 0 Å². The van der Waals surface area contributed by atoms with Gasteiger partial charge in [0.15, 0.2) is 0 Å². The maximum atomic E-state index is 11.3. The van der Waals surface area contributed by atoms with E-state index in [9.17, 15) is 15.2 Å². The summed E-state index contributed by atoms with van der Waals surface area (Å²) in [5.74, 6) is 5.76. The van der Waals surface area contributed by atoms with Crippen molar-refractivity contribution in [3.05, 3.63) is 15.8 Å².